The van der Waals surface area contributed by atoms with Crippen LogP contribution >= 0.6 is 0 Å². The summed E-state index contributed by atoms with van der Waals surface area (Å²) in [7, 11) is 3.05. The quantitative estimate of drug-likeness (QED) is 0.787. The number of anilines is 1. The predicted molar refractivity (Wildman–Crippen MR) is 102 cm³/mol. The molecule has 0 bridgehead atoms. The first-order valence-electron chi connectivity index (χ1n) is 9.05. The van der Waals surface area contributed by atoms with Crippen molar-refractivity contribution in [1.82, 2.24) is 4.90 Å². The van der Waals surface area contributed by atoms with Crippen LogP contribution in [0.3, 0.4) is 0 Å². The van der Waals surface area contributed by atoms with E-state index in [4.69, 9.17) is 9.47 Å². The molecule has 0 aromatic heterocycles. The molecule has 1 aromatic rings. The lowest BCUT2D eigenvalue weighted by Crippen LogP contribution is -2.36. The van der Waals surface area contributed by atoms with Gasteiger partial charge in [-0.15, -0.1) is 0 Å². The van der Waals surface area contributed by atoms with Crippen molar-refractivity contribution in [3.8, 4) is 11.5 Å². The summed E-state index contributed by atoms with van der Waals surface area (Å²) in [5, 5.41) is 2.85. The van der Waals surface area contributed by atoms with Crippen LogP contribution in [0.25, 0.3) is 0 Å². The third-order valence-electron chi connectivity index (χ3n) is 4.51. The first-order chi connectivity index (χ1) is 12.5. The molecule has 1 saturated heterocycles. The summed E-state index contributed by atoms with van der Waals surface area (Å²) in [6, 6.07) is 3.29. The highest BCUT2D eigenvalue weighted by atomic mass is 16.5. The van der Waals surface area contributed by atoms with Gasteiger partial charge in [-0.05, 0) is 38.7 Å². The minimum absolute atomic E-state index is 0.0990. The Bertz CT molecular complexity index is 691. The molecule has 0 spiro atoms. The maximum absolute atomic E-state index is 13.0. The SMILES string of the molecule is CC/C=C(\C)C(=O)Nc1cc(OC)c(OC)cc1C(=O)N1CCCCC1. The fraction of sp³-hybridized carbons (Fsp3) is 0.500. The number of nitrogens with one attached hydrogen (secondary N) is 1. The van der Waals surface area contributed by atoms with Gasteiger partial charge in [0.25, 0.3) is 11.8 Å². The van der Waals surface area contributed by atoms with Gasteiger partial charge in [0.2, 0.25) is 0 Å². The van der Waals surface area contributed by atoms with Crippen molar-refractivity contribution in [2.45, 2.75) is 39.5 Å². The Labute approximate surface area is 155 Å². The number of benzene rings is 1. The van der Waals surface area contributed by atoms with Crippen LogP contribution in [0, 0.1) is 0 Å². The van der Waals surface area contributed by atoms with E-state index in [9.17, 15) is 9.59 Å². The second-order valence-electron chi connectivity index (χ2n) is 6.36. The molecule has 0 unspecified atom stereocenters. The Balaban J connectivity index is 2.41. The third-order valence-corrected chi connectivity index (χ3v) is 4.51. The van der Waals surface area contributed by atoms with E-state index in [1.807, 2.05) is 17.9 Å². The van der Waals surface area contributed by atoms with Crippen molar-refractivity contribution in [3.63, 3.8) is 0 Å². The number of allylic oxidation sites excluding steroid dienone is 1. The number of ether oxygens (including phenoxy) is 2. The summed E-state index contributed by atoms with van der Waals surface area (Å²) in [5.41, 5.74) is 1.47. The number of carbonyl (C=O) groups excluding carboxylic acids is 2. The van der Waals surface area contributed by atoms with Crippen LogP contribution in [0.5, 0.6) is 11.5 Å². The van der Waals surface area contributed by atoms with Crippen molar-refractivity contribution in [2.75, 3.05) is 32.6 Å². The molecule has 26 heavy (non-hydrogen) atoms. The molecular formula is C20H28N2O4. The standard InChI is InChI=1S/C20H28N2O4/c1-5-9-14(2)19(23)21-16-13-18(26-4)17(25-3)12-15(16)20(24)22-10-7-6-8-11-22/h9,12-13H,5-8,10-11H2,1-4H3,(H,21,23)/b14-9+. The molecule has 1 aliphatic rings. The van der Waals surface area contributed by atoms with Gasteiger partial charge in [0.05, 0.1) is 25.5 Å². The number of nitrogens with zero attached hydrogens (tertiary/aromatic N) is 1. The Hall–Kier alpha value is -2.50. The first-order valence-corrected chi connectivity index (χ1v) is 9.05. The number of hydrogen-bond acceptors (Lipinski definition) is 4. The molecule has 0 aliphatic carbocycles. The summed E-state index contributed by atoms with van der Waals surface area (Å²) in [6.07, 6.45) is 5.76. The average molecular weight is 360 g/mol. The van der Waals surface area contributed by atoms with E-state index in [0.717, 1.165) is 38.8 Å². The van der Waals surface area contributed by atoms with E-state index < -0.39 is 0 Å². The zero-order chi connectivity index (χ0) is 19.1. The number of methoxy groups -OCH3 is 2. The molecule has 1 aliphatic heterocycles. The molecule has 6 heteroatoms. The second-order valence-corrected chi connectivity index (χ2v) is 6.36. The fourth-order valence-electron chi connectivity index (χ4n) is 3.05. The van der Waals surface area contributed by atoms with E-state index in [0.29, 0.717) is 28.3 Å². The molecule has 0 saturated carbocycles. The smallest absolute Gasteiger partial charge is 0.256 e. The van der Waals surface area contributed by atoms with Gasteiger partial charge in [-0.3, -0.25) is 9.59 Å². The number of piperidine rings is 1. The Morgan fingerprint density at radius 1 is 1.12 bits per heavy atom. The Kier molecular flexibility index (Phi) is 7.06. The molecule has 1 heterocycles. The maximum atomic E-state index is 13.0. The lowest BCUT2D eigenvalue weighted by atomic mass is 10.1. The fourth-order valence-corrected chi connectivity index (χ4v) is 3.05. The highest BCUT2D eigenvalue weighted by Crippen LogP contribution is 2.34. The Morgan fingerprint density at radius 2 is 1.73 bits per heavy atom. The molecule has 2 rings (SSSR count). The van der Waals surface area contributed by atoms with Crippen LogP contribution in [0.2, 0.25) is 0 Å². The normalized spacial score (nSPS) is 14.8. The van der Waals surface area contributed by atoms with E-state index in [1.165, 1.54) is 14.2 Å². The van der Waals surface area contributed by atoms with Gasteiger partial charge in [0, 0.05) is 24.7 Å². The van der Waals surface area contributed by atoms with Crippen molar-refractivity contribution in [3.05, 3.63) is 29.3 Å². The number of carbonyl (C=O) groups is 2. The van der Waals surface area contributed by atoms with Crippen molar-refractivity contribution < 1.29 is 19.1 Å². The van der Waals surface area contributed by atoms with Gasteiger partial charge in [0.1, 0.15) is 0 Å². The molecule has 6 nitrogen and oxygen atoms in total. The van der Waals surface area contributed by atoms with Crippen LogP contribution in [-0.4, -0.2) is 44.0 Å². The summed E-state index contributed by atoms with van der Waals surface area (Å²) in [6.45, 7) is 5.19. The Morgan fingerprint density at radius 3 is 2.31 bits per heavy atom. The molecule has 0 radical (unpaired) electrons. The number of hydrogen-bond donors (Lipinski definition) is 1. The summed E-state index contributed by atoms with van der Waals surface area (Å²) < 4.78 is 10.7. The van der Waals surface area contributed by atoms with Crippen LogP contribution < -0.4 is 14.8 Å². The van der Waals surface area contributed by atoms with Crippen LogP contribution in [0.4, 0.5) is 5.69 Å². The predicted octanol–water partition coefficient (Wildman–Crippen LogP) is 3.62. The minimum atomic E-state index is -0.230. The lowest BCUT2D eigenvalue weighted by molar-refractivity contribution is -0.112. The van der Waals surface area contributed by atoms with E-state index in [-0.39, 0.29) is 11.8 Å². The highest BCUT2D eigenvalue weighted by molar-refractivity contribution is 6.09. The van der Waals surface area contributed by atoms with Gasteiger partial charge in [0.15, 0.2) is 11.5 Å². The molecule has 1 fully saturated rings. The highest BCUT2D eigenvalue weighted by Gasteiger charge is 2.24. The van der Waals surface area contributed by atoms with E-state index in [1.54, 1.807) is 19.1 Å². The lowest BCUT2D eigenvalue weighted by Gasteiger charge is -2.28. The molecule has 2 amide bonds. The molecule has 1 N–H and O–H groups in total. The number of rotatable bonds is 6. The molecule has 0 atom stereocenters. The summed E-state index contributed by atoms with van der Waals surface area (Å²) >= 11 is 0. The zero-order valence-electron chi connectivity index (χ0n) is 16.1. The largest absolute Gasteiger partial charge is 0.493 e. The average Bonchev–Trinajstić information content (AvgIpc) is 2.67. The summed E-state index contributed by atoms with van der Waals surface area (Å²) in [5.74, 6) is 0.603. The van der Waals surface area contributed by atoms with Crippen LogP contribution in [0.15, 0.2) is 23.8 Å². The van der Waals surface area contributed by atoms with E-state index >= 15 is 0 Å². The van der Waals surface area contributed by atoms with Crippen LogP contribution in [0.1, 0.15) is 49.9 Å². The van der Waals surface area contributed by atoms with Crippen molar-refractivity contribution >= 4 is 17.5 Å². The minimum Gasteiger partial charge on any atom is -0.493 e. The van der Waals surface area contributed by atoms with Gasteiger partial charge in [-0.25, -0.2) is 0 Å². The van der Waals surface area contributed by atoms with E-state index in [2.05, 4.69) is 5.32 Å². The third kappa shape index (κ3) is 4.56. The summed E-state index contributed by atoms with van der Waals surface area (Å²) in [4.78, 5) is 27.3. The second kappa shape index (κ2) is 9.27. The number of likely N-dealkylation sites (tertiary alicyclic amines) is 1. The van der Waals surface area contributed by atoms with Crippen LogP contribution in [-0.2, 0) is 4.79 Å². The molecule has 142 valence electrons. The zero-order valence-corrected chi connectivity index (χ0v) is 16.1. The topological polar surface area (TPSA) is 67.9 Å². The molecule has 1 aromatic carbocycles. The van der Waals surface area contributed by atoms with Gasteiger partial charge >= 0.3 is 0 Å². The van der Waals surface area contributed by atoms with Crippen molar-refractivity contribution in [1.29, 1.82) is 0 Å². The monoisotopic (exact) mass is 360 g/mol. The maximum Gasteiger partial charge on any atom is 0.256 e. The van der Waals surface area contributed by atoms with Crippen molar-refractivity contribution in [2.24, 2.45) is 0 Å². The molecular weight excluding hydrogens is 332 g/mol. The first kappa shape index (κ1) is 19.8. The van der Waals surface area contributed by atoms with Gasteiger partial charge in [-0.2, -0.15) is 0 Å². The van der Waals surface area contributed by atoms with Gasteiger partial charge < -0.3 is 19.7 Å². The van der Waals surface area contributed by atoms with Gasteiger partial charge in [-0.1, -0.05) is 13.0 Å². The number of amides is 2.